The Labute approximate surface area is 84.6 Å². The van der Waals surface area contributed by atoms with Gasteiger partial charge >= 0.3 is 0 Å². The molecule has 3 rings (SSSR count). The Hall–Kier alpha value is -1.08. The lowest BCUT2D eigenvalue weighted by molar-refractivity contribution is 0.362. The monoisotopic (exact) mass is 185 g/mol. The van der Waals surface area contributed by atoms with Crippen LogP contribution in [0.4, 0.5) is 0 Å². The summed E-state index contributed by atoms with van der Waals surface area (Å²) in [7, 11) is 0. The van der Waals surface area contributed by atoms with Crippen LogP contribution in [0, 0.1) is 0 Å². The van der Waals surface area contributed by atoms with E-state index in [9.17, 15) is 0 Å². The molecule has 1 aromatic rings. The van der Waals surface area contributed by atoms with E-state index in [4.69, 9.17) is 5.73 Å². The summed E-state index contributed by atoms with van der Waals surface area (Å²) in [6, 6.07) is 8.71. The number of rotatable bonds is 0. The topological polar surface area (TPSA) is 26.0 Å². The highest BCUT2D eigenvalue weighted by atomic mass is 14.8. The summed E-state index contributed by atoms with van der Waals surface area (Å²) < 4.78 is 0. The van der Waals surface area contributed by atoms with Crippen LogP contribution in [0.2, 0.25) is 0 Å². The minimum atomic E-state index is 0.0123. The number of fused-ring (bicyclic) bond motifs is 3. The SMILES string of the molecule is N[C@@]12CC=CC[C@@H]1c1ccccc1C2. The van der Waals surface area contributed by atoms with Gasteiger partial charge in [-0.25, -0.2) is 0 Å². The zero-order valence-corrected chi connectivity index (χ0v) is 8.24. The van der Waals surface area contributed by atoms with Crippen LogP contribution in [0.3, 0.4) is 0 Å². The minimum absolute atomic E-state index is 0.0123. The maximum atomic E-state index is 6.46. The Balaban J connectivity index is 2.11. The van der Waals surface area contributed by atoms with Crippen molar-refractivity contribution in [2.24, 2.45) is 5.73 Å². The summed E-state index contributed by atoms with van der Waals surface area (Å²) in [6.45, 7) is 0. The molecule has 1 nitrogen and oxygen atoms in total. The number of nitrogens with two attached hydrogens (primary N) is 1. The zero-order chi connectivity index (χ0) is 9.60. The molecule has 72 valence electrons. The molecule has 0 radical (unpaired) electrons. The van der Waals surface area contributed by atoms with Gasteiger partial charge < -0.3 is 5.73 Å². The number of allylic oxidation sites excluding steroid dienone is 1. The number of hydrogen-bond donors (Lipinski definition) is 1. The molecular formula is C13H15N. The Bertz CT molecular complexity index is 394. The van der Waals surface area contributed by atoms with Crippen molar-refractivity contribution in [3.05, 3.63) is 47.5 Å². The zero-order valence-electron chi connectivity index (χ0n) is 8.24. The van der Waals surface area contributed by atoms with E-state index < -0.39 is 0 Å². The summed E-state index contributed by atoms with van der Waals surface area (Å²) >= 11 is 0. The molecule has 2 aliphatic rings. The predicted octanol–water partition coefficient (Wildman–Crippen LogP) is 2.37. The molecule has 2 aliphatic carbocycles. The molecule has 14 heavy (non-hydrogen) atoms. The van der Waals surface area contributed by atoms with Crippen LogP contribution in [0.15, 0.2) is 36.4 Å². The van der Waals surface area contributed by atoms with Crippen molar-refractivity contribution in [1.29, 1.82) is 0 Å². The molecule has 0 saturated carbocycles. The fraction of sp³-hybridized carbons (Fsp3) is 0.385. The summed E-state index contributed by atoms with van der Waals surface area (Å²) in [5, 5.41) is 0. The molecule has 0 bridgehead atoms. The Morgan fingerprint density at radius 2 is 2.07 bits per heavy atom. The van der Waals surface area contributed by atoms with Crippen LogP contribution in [0.5, 0.6) is 0 Å². The molecule has 0 unspecified atom stereocenters. The quantitative estimate of drug-likeness (QED) is 0.617. The van der Waals surface area contributed by atoms with Crippen LogP contribution in [0.1, 0.15) is 29.9 Å². The smallest absolute Gasteiger partial charge is 0.0302 e. The van der Waals surface area contributed by atoms with Crippen molar-refractivity contribution in [3.63, 3.8) is 0 Å². The van der Waals surface area contributed by atoms with E-state index in [1.54, 1.807) is 0 Å². The van der Waals surface area contributed by atoms with Gasteiger partial charge in [-0.05, 0) is 30.4 Å². The van der Waals surface area contributed by atoms with E-state index in [1.807, 2.05) is 0 Å². The second-order valence-corrected chi connectivity index (χ2v) is 4.57. The minimum Gasteiger partial charge on any atom is -0.324 e. The van der Waals surface area contributed by atoms with E-state index in [0.717, 1.165) is 19.3 Å². The third kappa shape index (κ3) is 0.992. The lowest BCUT2D eigenvalue weighted by Crippen LogP contribution is -2.44. The second-order valence-electron chi connectivity index (χ2n) is 4.57. The molecule has 2 atom stereocenters. The first-order valence-corrected chi connectivity index (χ1v) is 5.31. The van der Waals surface area contributed by atoms with Crippen LogP contribution >= 0.6 is 0 Å². The van der Waals surface area contributed by atoms with Crippen molar-refractivity contribution >= 4 is 0 Å². The summed E-state index contributed by atoms with van der Waals surface area (Å²) in [4.78, 5) is 0. The van der Waals surface area contributed by atoms with Gasteiger partial charge in [0.25, 0.3) is 0 Å². The molecule has 0 saturated heterocycles. The lowest BCUT2D eigenvalue weighted by atomic mass is 9.77. The molecular weight excluding hydrogens is 170 g/mol. The summed E-state index contributed by atoms with van der Waals surface area (Å²) in [5.41, 5.74) is 9.42. The van der Waals surface area contributed by atoms with E-state index in [-0.39, 0.29) is 5.54 Å². The number of benzene rings is 1. The normalized spacial score (nSPS) is 33.9. The summed E-state index contributed by atoms with van der Waals surface area (Å²) in [6.07, 6.45) is 7.72. The third-order valence-electron chi connectivity index (χ3n) is 3.68. The van der Waals surface area contributed by atoms with Gasteiger partial charge in [0.15, 0.2) is 0 Å². The van der Waals surface area contributed by atoms with Crippen molar-refractivity contribution in [2.75, 3.05) is 0 Å². The highest BCUT2D eigenvalue weighted by Gasteiger charge is 2.42. The molecule has 0 aromatic heterocycles. The van der Waals surface area contributed by atoms with Crippen molar-refractivity contribution in [2.45, 2.75) is 30.7 Å². The lowest BCUT2D eigenvalue weighted by Gasteiger charge is -2.33. The maximum absolute atomic E-state index is 6.46. The first-order chi connectivity index (χ1) is 6.80. The van der Waals surface area contributed by atoms with Crippen molar-refractivity contribution < 1.29 is 0 Å². The van der Waals surface area contributed by atoms with E-state index in [2.05, 4.69) is 36.4 Å². The van der Waals surface area contributed by atoms with Crippen LogP contribution < -0.4 is 5.73 Å². The van der Waals surface area contributed by atoms with E-state index in [1.165, 1.54) is 11.1 Å². The molecule has 0 fully saturated rings. The second kappa shape index (κ2) is 2.71. The molecule has 0 amide bonds. The van der Waals surface area contributed by atoms with Gasteiger partial charge in [-0.15, -0.1) is 0 Å². The average Bonchev–Trinajstić information content (AvgIpc) is 2.49. The standard InChI is InChI=1S/C13H15N/c14-13-8-4-3-7-12(13)11-6-2-1-5-10(11)9-13/h1-6,12H,7-9,14H2/t12-,13-/m1/s1. The molecule has 0 aliphatic heterocycles. The van der Waals surface area contributed by atoms with Gasteiger partial charge in [-0.3, -0.25) is 0 Å². The van der Waals surface area contributed by atoms with E-state index >= 15 is 0 Å². The predicted molar refractivity (Wildman–Crippen MR) is 58.2 cm³/mol. The highest BCUT2D eigenvalue weighted by molar-refractivity contribution is 5.42. The molecule has 0 heterocycles. The largest absolute Gasteiger partial charge is 0.324 e. The fourth-order valence-corrected chi connectivity index (χ4v) is 2.93. The first kappa shape index (κ1) is 8.25. The van der Waals surface area contributed by atoms with Crippen LogP contribution in [0.25, 0.3) is 0 Å². The van der Waals surface area contributed by atoms with Gasteiger partial charge in [0, 0.05) is 11.5 Å². The Morgan fingerprint density at radius 3 is 3.00 bits per heavy atom. The molecule has 1 heteroatoms. The van der Waals surface area contributed by atoms with E-state index in [0.29, 0.717) is 5.92 Å². The third-order valence-corrected chi connectivity index (χ3v) is 3.68. The van der Waals surface area contributed by atoms with Gasteiger partial charge in [0.2, 0.25) is 0 Å². The molecule has 0 spiro atoms. The van der Waals surface area contributed by atoms with Gasteiger partial charge in [-0.2, -0.15) is 0 Å². The van der Waals surface area contributed by atoms with Crippen LogP contribution in [-0.4, -0.2) is 5.54 Å². The Morgan fingerprint density at radius 1 is 1.21 bits per heavy atom. The van der Waals surface area contributed by atoms with Crippen LogP contribution in [-0.2, 0) is 6.42 Å². The maximum Gasteiger partial charge on any atom is 0.0302 e. The average molecular weight is 185 g/mol. The van der Waals surface area contributed by atoms with Gasteiger partial charge in [0.05, 0.1) is 0 Å². The molecule has 1 aromatic carbocycles. The Kier molecular flexibility index (Phi) is 1.59. The first-order valence-electron chi connectivity index (χ1n) is 5.31. The summed E-state index contributed by atoms with van der Waals surface area (Å²) in [5.74, 6) is 0.559. The van der Waals surface area contributed by atoms with Gasteiger partial charge in [-0.1, -0.05) is 36.4 Å². The number of hydrogen-bond acceptors (Lipinski definition) is 1. The molecule has 2 N–H and O–H groups in total. The van der Waals surface area contributed by atoms with Crippen molar-refractivity contribution in [1.82, 2.24) is 0 Å². The van der Waals surface area contributed by atoms with Gasteiger partial charge in [0.1, 0.15) is 0 Å². The fourth-order valence-electron chi connectivity index (χ4n) is 2.93. The van der Waals surface area contributed by atoms with Crippen molar-refractivity contribution in [3.8, 4) is 0 Å². The highest BCUT2D eigenvalue weighted by Crippen LogP contribution is 2.45.